The molecule has 0 bridgehead atoms. The van der Waals surface area contributed by atoms with Gasteiger partial charge in [-0.15, -0.1) is 0 Å². The molecule has 0 heterocycles. The van der Waals surface area contributed by atoms with E-state index in [0.717, 1.165) is 7.11 Å². The van der Waals surface area contributed by atoms with Gasteiger partial charge in [0, 0.05) is 5.56 Å². The second-order valence-electron chi connectivity index (χ2n) is 5.13. The standard InChI is InChI=1S/C17H13F2NO6/c1-25-16(21)15(17(22)26-9-10-5-3-2-4-6-10)11-7-13(19)14(20(23)24)8-12(11)18/h2-8,15H,9H2,1H3/t15-/m1/s1. The van der Waals surface area contributed by atoms with Crippen LogP contribution in [0.2, 0.25) is 0 Å². The Morgan fingerprint density at radius 2 is 1.77 bits per heavy atom. The van der Waals surface area contributed by atoms with Crippen LogP contribution in [0.5, 0.6) is 0 Å². The molecular formula is C17H13F2NO6. The van der Waals surface area contributed by atoms with E-state index in [4.69, 9.17) is 4.74 Å². The Hall–Kier alpha value is -3.36. The molecule has 2 aromatic rings. The van der Waals surface area contributed by atoms with E-state index < -0.39 is 45.7 Å². The Morgan fingerprint density at radius 3 is 2.35 bits per heavy atom. The molecule has 0 fully saturated rings. The van der Waals surface area contributed by atoms with E-state index in [1.54, 1.807) is 30.3 Å². The largest absolute Gasteiger partial charge is 0.468 e. The van der Waals surface area contributed by atoms with E-state index in [-0.39, 0.29) is 6.61 Å². The first-order chi connectivity index (χ1) is 12.3. The lowest BCUT2D eigenvalue weighted by Gasteiger charge is -2.15. The van der Waals surface area contributed by atoms with Gasteiger partial charge in [-0.3, -0.25) is 19.7 Å². The first-order valence-corrected chi connectivity index (χ1v) is 7.27. The van der Waals surface area contributed by atoms with Crippen molar-refractivity contribution in [1.82, 2.24) is 0 Å². The SMILES string of the molecule is COC(=O)[C@H](C(=O)OCc1ccccc1)c1cc(F)c([N+](=O)[O-])cc1F. The van der Waals surface area contributed by atoms with Crippen molar-refractivity contribution in [3.05, 3.63) is 75.3 Å². The molecule has 26 heavy (non-hydrogen) atoms. The quantitative estimate of drug-likeness (QED) is 0.338. The smallest absolute Gasteiger partial charge is 0.325 e. The van der Waals surface area contributed by atoms with Gasteiger partial charge in [0.25, 0.3) is 0 Å². The number of nitro groups is 1. The van der Waals surface area contributed by atoms with E-state index >= 15 is 0 Å². The summed E-state index contributed by atoms with van der Waals surface area (Å²) in [5.41, 5.74) is -1.22. The molecule has 0 amide bonds. The highest BCUT2D eigenvalue weighted by atomic mass is 19.1. The third kappa shape index (κ3) is 4.18. The molecule has 2 rings (SSSR count). The molecule has 2 aromatic carbocycles. The first kappa shape index (κ1) is 19.0. The van der Waals surface area contributed by atoms with Crippen LogP contribution in [0.25, 0.3) is 0 Å². The van der Waals surface area contributed by atoms with Gasteiger partial charge in [0.05, 0.1) is 18.1 Å². The number of benzene rings is 2. The van der Waals surface area contributed by atoms with Crippen molar-refractivity contribution in [2.45, 2.75) is 12.5 Å². The van der Waals surface area contributed by atoms with Crippen molar-refractivity contribution in [1.29, 1.82) is 0 Å². The number of rotatable bonds is 6. The van der Waals surface area contributed by atoms with Crippen LogP contribution in [-0.2, 0) is 25.7 Å². The lowest BCUT2D eigenvalue weighted by Crippen LogP contribution is -2.26. The molecule has 0 aliphatic heterocycles. The number of nitrogens with zero attached hydrogens (tertiary/aromatic N) is 1. The molecule has 0 spiro atoms. The third-order valence-corrected chi connectivity index (χ3v) is 3.47. The summed E-state index contributed by atoms with van der Waals surface area (Å²) in [5, 5.41) is 10.7. The van der Waals surface area contributed by atoms with Crippen molar-refractivity contribution in [3.8, 4) is 0 Å². The normalized spacial score (nSPS) is 11.5. The summed E-state index contributed by atoms with van der Waals surface area (Å²) >= 11 is 0. The lowest BCUT2D eigenvalue weighted by atomic mass is 9.98. The summed E-state index contributed by atoms with van der Waals surface area (Å²) in [5.74, 6) is -6.97. The Bertz CT molecular complexity index is 841. The van der Waals surface area contributed by atoms with Crippen LogP contribution in [0.4, 0.5) is 14.5 Å². The van der Waals surface area contributed by atoms with Gasteiger partial charge in [-0.2, -0.15) is 4.39 Å². The van der Waals surface area contributed by atoms with Gasteiger partial charge in [-0.1, -0.05) is 30.3 Å². The van der Waals surface area contributed by atoms with E-state index in [9.17, 15) is 28.5 Å². The number of ether oxygens (including phenoxy) is 2. The second-order valence-corrected chi connectivity index (χ2v) is 5.13. The van der Waals surface area contributed by atoms with Gasteiger partial charge >= 0.3 is 17.6 Å². The van der Waals surface area contributed by atoms with E-state index in [1.165, 1.54) is 0 Å². The van der Waals surface area contributed by atoms with Crippen LogP contribution in [0.15, 0.2) is 42.5 Å². The van der Waals surface area contributed by atoms with Crippen LogP contribution in [-0.4, -0.2) is 24.0 Å². The molecule has 0 aromatic heterocycles. The number of nitro benzene ring substituents is 1. The second kappa shape index (κ2) is 8.15. The summed E-state index contributed by atoms with van der Waals surface area (Å²) in [6.07, 6.45) is 0. The van der Waals surface area contributed by atoms with Crippen LogP contribution in [0, 0.1) is 21.7 Å². The minimum Gasteiger partial charge on any atom is -0.468 e. The molecule has 0 N–H and O–H groups in total. The molecule has 1 atom stereocenters. The molecule has 0 radical (unpaired) electrons. The van der Waals surface area contributed by atoms with Crippen molar-refractivity contribution in [2.75, 3.05) is 7.11 Å². The fourth-order valence-electron chi connectivity index (χ4n) is 2.19. The maximum absolute atomic E-state index is 14.2. The number of esters is 2. The third-order valence-electron chi connectivity index (χ3n) is 3.47. The van der Waals surface area contributed by atoms with Gasteiger partial charge in [-0.05, 0) is 11.6 Å². The molecule has 7 nitrogen and oxygen atoms in total. The highest BCUT2D eigenvalue weighted by Gasteiger charge is 2.35. The highest BCUT2D eigenvalue weighted by Crippen LogP contribution is 2.28. The Kier molecular flexibility index (Phi) is 5.94. The molecule has 9 heteroatoms. The number of carbonyl (C=O) groups excluding carboxylic acids is 2. The van der Waals surface area contributed by atoms with E-state index in [1.807, 2.05) is 0 Å². The zero-order valence-corrected chi connectivity index (χ0v) is 13.5. The Labute approximate surface area is 146 Å². The van der Waals surface area contributed by atoms with Gasteiger partial charge < -0.3 is 9.47 Å². The average molecular weight is 365 g/mol. The minimum absolute atomic E-state index is 0.204. The van der Waals surface area contributed by atoms with Gasteiger partial charge in [0.1, 0.15) is 12.4 Å². The maximum atomic E-state index is 14.2. The van der Waals surface area contributed by atoms with Crippen molar-refractivity contribution in [3.63, 3.8) is 0 Å². The van der Waals surface area contributed by atoms with Crippen molar-refractivity contribution in [2.24, 2.45) is 0 Å². The first-order valence-electron chi connectivity index (χ1n) is 7.27. The molecule has 0 unspecified atom stereocenters. The Morgan fingerprint density at radius 1 is 1.12 bits per heavy atom. The monoisotopic (exact) mass is 365 g/mol. The summed E-state index contributed by atoms with van der Waals surface area (Å²) in [6.45, 7) is -0.204. The lowest BCUT2D eigenvalue weighted by molar-refractivity contribution is -0.387. The zero-order chi connectivity index (χ0) is 19.3. The summed E-state index contributed by atoms with van der Waals surface area (Å²) in [4.78, 5) is 33.7. The fourth-order valence-corrected chi connectivity index (χ4v) is 2.19. The zero-order valence-electron chi connectivity index (χ0n) is 13.5. The fraction of sp³-hybridized carbons (Fsp3) is 0.176. The summed E-state index contributed by atoms with van der Waals surface area (Å²) < 4.78 is 37.4. The summed E-state index contributed by atoms with van der Waals surface area (Å²) in [6, 6.07) is 9.18. The average Bonchev–Trinajstić information content (AvgIpc) is 2.63. The predicted molar refractivity (Wildman–Crippen MR) is 84.0 cm³/mol. The predicted octanol–water partition coefficient (Wildman–Crippen LogP) is 2.87. The highest BCUT2D eigenvalue weighted by molar-refractivity contribution is 6.00. The van der Waals surface area contributed by atoms with Crippen LogP contribution < -0.4 is 0 Å². The molecule has 0 saturated carbocycles. The number of halogens is 2. The van der Waals surface area contributed by atoms with E-state index in [0.29, 0.717) is 17.7 Å². The maximum Gasteiger partial charge on any atom is 0.325 e. The summed E-state index contributed by atoms with van der Waals surface area (Å²) in [7, 11) is 0.958. The topological polar surface area (TPSA) is 95.7 Å². The number of carbonyl (C=O) groups is 2. The van der Waals surface area contributed by atoms with Gasteiger partial charge in [-0.25, -0.2) is 4.39 Å². The van der Waals surface area contributed by atoms with E-state index in [2.05, 4.69) is 4.74 Å². The molecule has 0 aliphatic carbocycles. The molecule has 0 saturated heterocycles. The van der Waals surface area contributed by atoms with Crippen LogP contribution >= 0.6 is 0 Å². The van der Waals surface area contributed by atoms with Crippen LogP contribution in [0.1, 0.15) is 17.0 Å². The van der Waals surface area contributed by atoms with Crippen molar-refractivity contribution < 1.29 is 32.8 Å². The van der Waals surface area contributed by atoms with Gasteiger partial charge in [0.15, 0.2) is 5.92 Å². The minimum atomic E-state index is -1.92. The number of methoxy groups -OCH3 is 1. The molecular weight excluding hydrogens is 352 g/mol. The van der Waals surface area contributed by atoms with Gasteiger partial charge in [0.2, 0.25) is 5.82 Å². The Balaban J connectivity index is 2.32. The number of hydrogen-bond acceptors (Lipinski definition) is 6. The number of hydrogen-bond donors (Lipinski definition) is 0. The van der Waals surface area contributed by atoms with Crippen LogP contribution in [0.3, 0.4) is 0 Å². The molecule has 136 valence electrons. The van der Waals surface area contributed by atoms with Crippen molar-refractivity contribution >= 4 is 17.6 Å². The molecule has 0 aliphatic rings.